The third-order valence-electron chi connectivity index (χ3n) is 2.21. The lowest BCUT2D eigenvalue weighted by atomic mass is 10.1. The van der Waals surface area contributed by atoms with Crippen LogP contribution >= 0.6 is 0 Å². The zero-order valence-corrected chi connectivity index (χ0v) is 9.94. The molecule has 0 aliphatic heterocycles. The number of aromatic hydroxyl groups is 1. The van der Waals surface area contributed by atoms with E-state index in [4.69, 9.17) is 4.74 Å². The zero-order valence-electron chi connectivity index (χ0n) is 9.94. The number of methoxy groups -OCH3 is 1. The summed E-state index contributed by atoms with van der Waals surface area (Å²) in [7, 11) is 1.23. The summed E-state index contributed by atoms with van der Waals surface area (Å²) in [5.74, 6) is -1.48. The molecule has 0 saturated heterocycles. The van der Waals surface area contributed by atoms with Gasteiger partial charge in [-0.05, 0) is 6.92 Å². The minimum Gasteiger partial charge on any atom is -0.503 e. The number of hydrogen-bond acceptors (Lipinski definition) is 5. The fourth-order valence-corrected chi connectivity index (χ4v) is 1.41. The third kappa shape index (κ3) is 3.06. The van der Waals surface area contributed by atoms with E-state index in [-0.39, 0.29) is 18.1 Å². The lowest BCUT2D eigenvalue weighted by Crippen LogP contribution is -2.10. The monoisotopic (exact) mass is 261 g/mol. The molecule has 7 heteroatoms. The number of nitrogens with zero attached hydrogens (tertiary/aromatic N) is 1. The molecule has 0 amide bonds. The van der Waals surface area contributed by atoms with Gasteiger partial charge in [0, 0.05) is 17.3 Å². The molecule has 0 aliphatic carbocycles. The van der Waals surface area contributed by atoms with Crippen molar-refractivity contribution < 1.29 is 28.2 Å². The van der Waals surface area contributed by atoms with Crippen LogP contribution in [0.4, 0.5) is 8.78 Å². The fourth-order valence-electron chi connectivity index (χ4n) is 1.41. The molecule has 1 aromatic heterocycles. The predicted octanol–water partition coefficient (Wildman–Crippen LogP) is 1.84. The van der Waals surface area contributed by atoms with Crippen LogP contribution in [0.25, 0.3) is 0 Å². The standard InChI is InChI=1S/C11H13F2NO4/c1-3-18-8(15)4-6-7(10(12)13)5-14-11(17-2)9(6)16/h5,10,16H,3-4H2,1-2H3. The van der Waals surface area contributed by atoms with Crippen LogP contribution < -0.4 is 4.74 Å². The molecular formula is C11H13F2NO4. The van der Waals surface area contributed by atoms with Crippen LogP contribution in [0.15, 0.2) is 6.20 Å². The van der Waals surface area contributed by atoms with Crippen LogP contribution in [0.3, 0.4) is 0 Å². The molecule has 1 rings (SSSR count). The Bertz CT molecular complexity index is 437. The van der Waals surface area contributed by atoms with E-state index in [0.717, 1.165) is 6.20 Å². The van der Waals surface area contributed by atoms with Crippen LogP contribution in [0.5, 0.6) is 11.6 Å². The lowest BCUT2D eigenvalue weighted by Gasteiger charge is -2.12. The Hall–Kier alpha value is -1.92. The van der Waals surface area contributed by atoms with Gasteiger partial charge in [-0.15, -0.1) is 0 Å². The molecule has 1 aromatic rings. The van der Waals surface area contributed by atoms with Crippen LogP contribution in [0.1, 0.15) is 24.5 Å². The van der Waals surface area contributed by atoms with E-state index in [2.05, 4.69) is 9.72 Å². The van der Waals surface area contributed by atoms with Crippen LogP contribution in [0, 0.1) is 0 Å². The van der Waals surface area contributed by atoms with Crippen LogP contribution in [-0.2, 0) is 16.0 Å². The SMILES string of the molecule is CCOC(=O)Cc1c(C(F)F)cnc(OC)c1O. The fraction of sp³-hybridized carbons (Fsp3) is 0.455. The maximum absolute atomic E-state index is 12.7. The summed E-state index contributed by atoms with van der Waals surface area (Å²) in [6, 6.07) is 0. The number of alkyl halides is 2. The van der Waals surface area contributed by atoms with Crippen molar-refractivity contribution in [2.75, 3.05) is 13.7 Å². The van der Waals surface area contributed by atoms with Crippen molar-refractivity contribution in [3.05, 3.63) is 17.3 Å². The highest BCUT2D eigenvalue weighted by Crippen LogP contribution is 2.34. The lowest BCUT2D eigenvalue weighted by molar-refractivity contribution is -0.142. The quantitative estimate of drug-likeness (QED) is 0.819. The molecule has 0 aromatic carbocycles. The molecule has 1 N–H and O–H groups in total. The summed E-state index contributed by atoms with van der Waals surface area (Å²) < 4.78 is 34.8. The second-order valence-electron chi connectivity index (χ2n) is 3.33. The number of pyridine rings is 1. The Labute approximate surface area is 102 Å². The number of esters is 1. The zero-order chi connectivity index (χ0) is 13.7. The van der Waals surface area contributed by atoms with Gasteiger partial charge in [0.1, 0.15) is 0 Å². The summed E-state index contributed by atoms with van der Waals surface area (Å²) in [4.78, 5) is 14.8. The summed E-state index contributed by atoms with van der Waals surface area (Å²) >= 11 is 0. The Morgan fingerprint density at radius 1 is 1.56 bits per heavy atom. The molecule has 18 heavy (non-hydrogen) atoms. The highest BCUT2D eigenvalue weighted by Gasteiger charge is 2.23. The number of halogens is 2. The summed E-state index contributed by atoms with van der Waals surface area (Å²) in [5.41, 5.74) is -0.739. The van der Waals surface area contributed by atoms with Gasteiger partial charge in [0.15, 0.2) is 5.75 Å². The largest absolute Gasteiger partial charge is 0.503 e. The molecule has 100 valence electrons. The Balaban J connectivity index is 3.15. The first kappa shape index (κ1) is 14.1. The molecule has 0 fully saturated rings. The number of ether oxygens (including phenoxy) is 2. The number of carbonyl (C=O) groups excluding carboxylic acids is 1. The summed E-state index contributed by atoms with van der Waals surface area (Å²) in [6.07, 6.45) is -2.44. The number of carbonyl (C=O) groups is 1. The van der Waals surface area contributed by atoms with Gasteiger partial charge < -0.3 is 14.6 Å². The first-order chi connectivity index (χ1) is 8.51. The molecule has 1 heterocycles. The van der Waals surface area contributed by atoms with E-state index in [0.29, 0.717) is 0 Å². The van der Waals surface area contributed by atoms with Gasteiger partial charge in [-0.3, -0.25) is 4.79 Å². The first-order valence-corrected chi connectivity index (χ1v) is 5.19. The normalized spacial score (nSPS) is 10.5. The Morgan fingerprint density at radius 2 is 2.22 bits per heavy atom. The average molecular weight is 261 g/mol. The van der Waals surface area contributed by atoms with Gasteiger partial charge >= 0.3 is 5.97 Å². The van der Waals surface area contributed by atoms with E-state index < -0.39 is 30.1 Å². The second-order valence-corrected chi connectivity index (χ2v) is 3.33. The summed E-state index contributed by atoms with van der Waals surface area (Å²) in [6.45, 7) is 1.73. The average Bonchev–Trinajstić information content (AvgIpc) is 2.31. The number of hydrogen-bond donors (Lipinski definition) is 1. The topological polar surface area (TPSA) is 68.7 Å². The minimum absolute atomic E-state index is 0.131. The van der Waals surface area contributed by atoms with Gasteiger partial charge in [0.05, 0.1) is 20.1 Å². The van der Waals surface area contributed by atoms with E-state index in [1.54, 1.807) is 6.92 Å². The predicted molar refractivity (Wildman–Crippen MR) is 57.7 cm³/mol. The van der Waals surface area contributed by atoms with Crippen molar-refractivity contribution in [2.24, 2.45) is 0 Å². The maximum Gasteiger partial charge on any atom is 0.310 e. The smallest absolute Gasteiger partial charge is 0.310 e. The van der Waals surface area contributed by atoms with Crippen molar-refractivity contribution >= 4 is 5.97 Å². The highest BCUT2D eigenvalue weighted by atomic mass is 19.3. The van der Waals surface area contributed by atoms with Crippen molar-refractivity contribution in [2.45, 2.75) is 19.8 Å². The highest BCUT2D eigenvalue weighted by molar-refractivity contribution is 5.74. The van der Waals surface area contributed by atoms with E-state index in [1.165, 1.54) is 7.11 Å². The van der Waals surface area contributed by atoms with Crippen molar-refractivity contribution in [3.8, 4) is 11.6 Å². The molecule has 5 nitrogen and oxygen atoms in total. The molecule has 0 atom stereocenters. The van der Waals surface area contributed by atoms with E-state index >= 15 is 0 Å². The van der Waals surface area contributed by atoms with Crippen LogP contribution in [0.2, 0.25) is 0 Å². The second kappa shape index (κ2) is 6.13. The minimum atomic E-state index is -2.85. The van der Waals surface area contributed by atoms with Crippen molar-refractivity contribution in [1.82, 2.24) is 4.98 Å². The third-order valence-corrected chi connectivity index (χ3v) is 2.21. The maximum atomic E-state index is 12.7. The van der Waals surface area contributed by atoms with Crippen molar-refractivity contribution in [3.63, 3.8) is 0 Å². The van der Waals surface area contributed by atoms with E-state index in [1.807, 2.05) is 0 Å². The molecule has 0 bridgehead atoms. The Morgan fingerprint density at radius 3 is 2.72 bits per heavy atom. The molecule has 0 aliphatic rings. The van der Waals surface area contributed by atoms with Gasteiger partial charge in [-0.25, -0.2) is 13.8 Å². The van der Waals surface area contributed by atoms with Gasteiger partial charge in [-0.2, -0.15) is 0 Å². The number of rotatable bonds is 5. The molecule has 0 saturated carbocycles. The van der Waals surface area contributed by atoms with E-state index in [9.17, 15) is 18.7 Å². The van der Waals surface area contributed by atoms with Gasteiger partial charge in [-0.1, -0.05) is 0 Å². The van der Waals surface area contributed by atoms with Gasteiger partial charge in [0.2, 0.25) is 0 Å². The van der Waals surface area contributed by atoms with Crippen LogP contribution in [-0.4, -0.2) is 29.8 Å². The molecular weight excluding hydrogens is 248 g/mol. The molecule has 0 spiro atoms. The first-order valence-electron chi connectivity index (χ1n) is 5.19. The van der Waals surface area contributed by atoms with Crippen molar-refractivity contribution in [1.29, 1.82) is 0 Å². The number of aromatic nitrogens is 1. The molecule has 0 unspecified atom stereocenters. The Kier molecular flexibility index (Phi) is 4.82. The summed E-state index contributed by atoms with van der Waals surface area (Å²) in [5, 5.41) is 9.71. The van der Waals surface area contributed by atoms with Gasteiger partial charge in [0.25, 0.3) is 12.3 Å². The molecule has 0 radical (unpaired) electrons.